The molecule has 0 radical (unpaired) electrons. The van der Waals surface area contributed by atoms with Crippen molar-refractivity contribution >= 4 is 18.0 Å². The van der Waals surface area contributed by atoms with Crippen LogP contribution in [0.1, 0.15) is 36.3 Å². The summed E-state index contributed by atoms with van der Waals surface area (Å²) in [5.74, 6) is -2.12. The maximum absolute atomic E-state index is 12.6. The molecule has 0 aromatic heterocycles. The maximum Gasteiger partial charge on any atom is 0.407 e. The number of ether oxygens (including phenoxy) is 2. The number of methoxy groups -OCH3 is 1. The number of nitrogens with one attached hydrogen (secondary N) is 2. The van der Waals surface area contributed by atoms with Crippen LogP contribution in [-0.4, -0.2) is 55.5 Å². The second kappa shape index (κ2) is 10.0. The number of benzene rings is 2. The van der Waals surface area contributed by atoms with E-state index in [-0.39, 0.29) is 19.1 Å². The van der Waals surface area contributed by atoms with Crippen molar-refractivity contribution in [3.05, 3.63) is 59.7 Å². The fourth-order valence-electron chi connectivity index (χ4n) is 4.86. The van der Waals surface area contributed by atoms with Crippen LogP contribution in [0.25, 0.3) is 11.1 Å². The highest BCUT2D eigenvalue weighted by Gasteiger charge is 2.36. The molecule has 2 aliphatic carbocycles. The first-order valence-corrected chi connectivity index (χ1v) is 11.1. The summed E-state index contributed by atoms with van der Waals surface area (Å²) in [7, 11) is 1.37. The van der Waals surface area contributed by atoms with Gasteiger partial charge in [0.15, 0.2) is 6.04 Å². The third kappa shape index (κ3) is 4.85. The first kappa shape index (κ1) is 22.8. The van der Waals surface area contributed by atoms with Gasteiger partial charge >= 0.3 is 12.1 Å². The molecule has 3 atom stereocenters. The Morgan fingerprint density at radius 1 is 1.03 bits per heavy atom. The highest BCUT2D eigenvalue weighted by Crippen LogP contribution is 2.44. The van der Waals surface area contributed by atoms with Crippen LogP contribution in [0.2, 0.25) is 0 Å². The second-order valence-corrected chi connectivity index (χ2v) is 8.47. The van der Waals surface area contributed by atoms with E-state index >= 15 is 0 Å². The molecule has 2 amide bonds. The lowest BCUT2D eigenvalue weighted by Crippen LogP contribution is -2.50. The van der Waals surface area contributed by atoms with Gasteiger partial charge < -0.3 is 25.2 Å². The third-order valence-electron chi connectivity index (χ3n) is 6.45. The molecule has 33 heavy (non-hydrogen) atoms. The number of carbonyl (C=O) groups is 3. The summed E-state index contributed by atoms with van der Waals surface area (Å²) in [6.07, 6.45) is 1.38. The summed E-state index contributed by atoms with van der Waals surface area (Å²) in [5, 5.41) is 14.6. The first-order chi connectivity index (χ1) is 16.0. The minimum atomic E-state index is -1.16. The van der Waals surface area contributed by atoms with Gasteiger partial charge in [0.1, 0.15) is 6.61 Å². The maximum atomic E-state index is 12.6. The lowest BCUT2D eigenvalue weighted by molar-refractivity contribution is -0.144. The molecule has 0 saturated heterocycles. The van der Waals surface area contributed by atoms with E-state index in [1.165, 1.54) is 7.11 Å². The number of aliphatic carboxylic acids is 1. The second-order valence-electron chi connectivity index (χ2n) is 8.47. The standard InChI is InChI=1S/C25H28N2O6/c1-32-14-22(24(29)30)26-23(28)19-11-6-12-21(19)27-25(31)33-13-20-17-9-4-2-7-15(17)16-8-3-5-10-18(16)20/h2-5,7-10,19-22H,6,11-14H2,1H3,(H,26,28)(H,27,31)(H,29,30)/t19?,21?,22-/m0/s1. The van der Waals surface area contributed by atoms with Crippen LogP contribution in [-0.2, 0) is 19.1 Å². The fraction of sp³-hybridized carbons (Fsp3) is 0.400. The zero-order valence-corrected chi connectivity index (χ0v) is 18.5. The Bertz CT molecular complexity index is 994. The van der Waals surface area contributed by atoms with Crippen LogP contribution in [0.5, 0.6) is 0 Å². The average Bonchev–Trinajstić information content (AvgIpc) is 3.40. The molecule has 4 rings (SSSR count). The SMILES string of the molecule is COC[C@H](NC(=O)C1CCCC1NC(=O)OCC1c2ccccc2-c2ccccc21)C(=O)O. The van der Waals surface area contributed by atoms with E-state index in [0.29, 0.717) is 12.8 Å². The van der Waals surface area contributed by atoms with Crippen LogP contribution >= 0.6 is 0 Å². The van der Waals surface area contributed by atoms with Gasteiger partial charge in [0.2, 0.25) is 5.91 Å². The summed E-state index contributed by atoms with van der Waals surface area (Å²) in [6, 6.07) is 14.7. The molecule has 0 spiro atoms. The summed E-state index contributed by atoms with van der Waals surface area (Å²) < 4.78 is 10.5. The smallest absolute Gasteiger partial charge is 0.407 e. The Kier molecular flexibility index (Phi) is 6.93. The van der Waals surface area contributed by atoms with Crippen molar-refractivity contribution < 1.29 is 29.0 Å². The molecular weight excluding hydrogens is 424 g/mol. The van der Waals surface area contributed by atoms with Gasteiger partial charge in [-0.1, -0.05) is 55.0 Å². The Morgan fingerprint density at radius 3 is 2.27 bits per heavy atom. The largest absolute Gasteiger partial charge is 0.480 e. The van der Waals surface area contributed by atoms with Crippen LogP contribution in [0.3, 0.4) is 0 Å². The summed E-state index contributed by atoms with van der Waals surface area (Å²) in [4.78, 5) is 36.5. The van der Waals surface area contributed by atoms with E-state index in [2.05, 4.69) is 34.9 Å². The highest BCUT2D eigenvalue weighted by atomic mass is 16.5. The van der Waals surface area contributed by atoms with E-state index in [9.17, 15) is 19.5 Å². The first-order valence-electron chi connectivity index (χ1n) is 11.1. The summed E-state index contributed by atoms with van der Waals surface area (Å²) in [6.45, 7) is 0.0661. The van der Waals surface area contributed by atoms with Crippen molar-refractivity contribution in [2.75, 3.05) is 20.3 Å². The molecule has 2 aromatic rings. The van der Waals surface area contributed by atoms with Gasteiger partial charge in [0.25, 0.3) is 0 Å². The number of hydrogen-bond acceptors (Lipinski definition) is 5. The highest BCUT2D eigenvalue weighted by molar-refractivity contribution is 5.86. The van der Waals surface area contributed by atoms with Crippen molar-refractivity contribution in [3.8, 4) is 11.1 Å². The monoisotopic (exact) mass is 452 g/mol. The molecule has 8 heteroatoms. The number of hydrogen-bond donors (Lipinski definition) is 3. The van der Waals surface area contributed by atoms with Crippen molar-refractivity contribution in [1.29, 1.82) is 0 Å². The number of carboxylic acids is 1. The lowest BCUT2D eigenvalue weighted by Gasteiger charge is -2.23. The zero-order valence-electron chi connectivity index (χ0n) is 18.5. The molecule has 0 bridgehead atoms. The molecule has 174 valence electrons. The average molecular weight is 453 g/mol. The minimum Gasteiger partial charge on any atom is -0.480 e. The Labute approximate surface area is 192 Å². The quantitative estimate of drug-likeness (QED) is 0.568. The number of amides is 2. The lowest BCUT2D eigenvalue weighted by atomic mass is 9.98. The molecule has 1 fully saturated rings. The normalized spacial score (nSPS) is 19.9. The Hall–Kier alpha value is -3.39. The number of fused-ring (bicyclic) bond motifs is 3. The fourth-order valence-corrected chi connectivity index (χ4v) is 4.86. The van der Waals surface area contributed by atoms with Crippen LogP contribution in [0.15, 0.2) is 48.5 Å². The molecule has 2 aromatic carbocycles. The van der Waals surface area contributed by atoms with Crippen molar-refractivity contribution in [2.24, 2.45) is 5.92 Å². The summed E-state index contributed by atoms with van der Waals surface area (Å²) >= 11 is 0. The van der Waals surface area contributed by atoms with Crippen LogP contribution in [0, 0.1) is 5.92 Å². The molecule has 2 unspecified atom stereocenters. The topological polar surface area (TPSA) is 114 Å². The van der Waals surface area contributed by atoms with Gasteiger partial charge in [-0.2, -0.15) is 0 Å². The van der Waals surface area contributed by atoms with Gasteiger partial charge in [-0.3, -0.25) is 4.79 Å². The van der Waals surface area contributed by atoms with Gasteiger partial charge in [-0.25, -0.2) is 9.59 Å². The molecule has 2 aliphatic rings. The van der Waals surface area contributed by atoms with Crippen molar-refractivity contribution in [2.45, 2.75) is 37.3 Å². The molecular formula is C25H28N2O6. The van der Waals surface area contributed by atoms with E-state index in [4.69, 9.17) is 9.47 Å². The Morgan fingerprint density at radius 2 is 1.67 bits per heavy atom. The van der Waals surface area contributed by atoms with E-state index < -0.39 is 36.0 Å². The molecule has 1 saturated carbocycles. The summed E-state index contributed by atoms with van der Waals surface area (Å²) in [5.41, 5.74) is 4.56. The van der Waals surface area contributed by atoms with Crippen LogP contribution in [0.4, 0.5) is 4.79 Å². The molecule has 8 nitrogen and oxygen atoms in total. The third-order valence-corrected chi connectivity index (χ3v) is 6.45. The van der Waals surface area contributed by atoms with E-state index in [0.717, 1.165) is 28.7 Å². The van der Waals surface area contributed by atoms with Gasteiger partial charge in [0, 0.05) is 19.1 Å². The zero-order chi connectivity index (χ0) is 23.4. The predicted octanol–water partition coefficient (Wildman–Crippen LogP) is 2.91. The van der Waals surface area contributed by atoms with Crippen molar-refractivity contribution in [3.63, 3.8) is 0 Å². The predicted molar refractivity (Wildman–Crippen MR) is 121 cm³/mol. The minimum absolute atomic E-state index is 0.0452. The van der Waals surface area contributed by atoms with Gasteiger partial charge in [-0.15, -0.1) is 0 Å². The molecule has 0 heterocycles. The van der Waals surface area contributed by atoms with E-state index in [1.807, 2.05) is 24.3 Å². The van der Waals surface area contributed by atoms with E-state index in [1.54, 1.807) is 0 Å². The molecule has 0 aliphatic heterocycles. The number of carbonyl (C=O) groups excluding carboxylic acids is 2. The number of carboxylic acid groups (broad SMARTS) is 1. The van der Waals surface area contributed by atoms with Crippen molar-refractivity contribution in [1.82, 2.24) is 10.6 Å². The number of alkyl carbamates (subject to hydrolysis) is 1. The Balaban J connectivity index is 1.36. The van der Waals surface area contributed by atoms with Gasteiger partial charge in [0.05, 0.1) is 12.5 Å². The number of rotatable bonds is 8. The van der Waals surface area contributed by atoms with Crippen LogP contribution < -0.4 is 10.6 Å². The van der Waals surface area contributed by atoms with Gasteiger partial charge in [-0.05, 0) is 35.1 Å². The molecule has 3 N–H and O–H groups in total.